The van der Waals surface area contributed by atoms with Crippen molar-refractivity contribution in [2.75, 3.05) is 26.6 Å². The normalized spacial score (nSPS) is 10.6. The van der Waals surface area contributed by atoms with Crippen molar-refractivity contribution in [3.63, 3.8) is 0 Å². The van der Waals surface area contributed by atoms with Gasteiger partial charge in [0.05, 0.1) is 26.8 Å². The highest BCUT2D eigenvalue weighted by atomic mass is 16.5. The Morgan fingerprint density at radius 1 is 1.00 bits per heavy atom. The number of hydrogen-bond donors (Lipinski definition) is 2. The molecule has 0 aliphatic carbocycles. The highest BCUT2D eigenvalue weighted by molar-refractivity contribution is 5.94. The smallest absolute Gasteiger partial charge is 0.203 e. The molecule has 0 unspecified atom stereocenters. The molecule has 3 aromatic rings. The molecule has 1 aromatic heterocycles. The van der Waals surface area contributed by atoms with Gasteiger partial charge in [0.1, 0.15) is 0 Å². The fourth-order valence-corrected chi connectivity index (χ4v) is 2.63. The predicted octanol–water partition coefficient (Wildman–Crippen LogP) is 3.64. The number of anilines is 2. The van der Waals surface area contributed by atoms with Gasteiger partial charge in [-0.25, -0.2) is 0 Å². The Bertz CT molecular complexity index is 817. The first-order valence-corrected chi connectivity index (χ1v) is 7.18. The number of H-pyrrole nitrogens is 1. The maximum absolute atomic E-state index is 5.38. The monoisotopic (exact) mass is 313 g/mol. The number of aryl methyl sites for hydroxylation is 1. The Morgan fingerprint density at radius 3 is 2.30 bits per heavy atom. The zero-order valence-electron chi connectivity index (χ0n) is 13.6. The Kier molecular flexibility index (Phi) is 3.97. The van der Waals surface area contributed by atoms with E-state index in [0.29, 0.717) is 17.2 Å². The number of aromatic nitrogens is 2. The third-order valence-corrected chi connectivity index (χ3v) is 3.73. The second-order valence-electron chi connectivity index (χ2n) is 5.11. The summed E-state index contributed by atoms with van der Waals surface area (Å²) in [5, 5.41) is 11.8. The minimum absolute atomic E-state index is 0.559. The molecule has 0 fully saturated rings. The lowest BCUT2D eigenvalue weighted by Gasteiger charge is -2.14. The van der Waals surface area contributed by atoms with E-state index in [1.165, 1.54) is 0 Å². The van der Waals surface area contributed by atoms with Crippen LogP contribution in [0.5, 0.6) is 17.2 Å². The molecule has 6 nitrogen and oxygen atoms in total. The molecule has 6 heteroatoms. The number of aromatic amines is 1. The van der Waals surface area contributed by atoms with Crippen LogP contribution in [0, 0.1) is 6.92 Å². The second kappa shape index (κ2) is 6.08. The van der Waals surface area contributed by atoms with Gasteiger partial charge in [0.25, 0.3) is 0 Å². The van der Waals surface area contributed by atoms with E-state index >= 15 is 0 Å². The van der Waals surface area contributed by atoms with Crippen LogP contribution in [-0.2, 0) is 0 Å². The number of benzene rings is 2. The third kappa shape index (κ3) is 2.63. The average molecular weight is 313 g/mol. The molecule has 0 amide bonds. The van der Waals surface area contributed by atoms with Crippen molar-refractivity contribution in [1.82, 2.24) is 10.2 Å². The number of ether oxygens (including phenoxy) is 3. The van der Waals surface area contributed by atoms with Gasteiger partial charge in [0, 0.05) is 23.2 Å². The fourth-order valence-electron chi connectivity index (χ4n) is 2.63. The highest BCUT2D eigenvalue weighted by Crippen LogP contribution is 2.41. The summed E-state index contributed by atoms with van der Waals surface area (Å²) in [6.07, 6.45) is 0. The lowest BCUT2D eigenvalue weighted by Crippen LogP contribution is -1.98. The number of fused-ring (bicyclic) bond motifs is 1. The Labute approximate surface area is 134 Å². The molecule has 0 saturated carbocycles. The van der Waals surface area contributed by atoms with Crippen molar-refractivity contribution in [1.29, 1.82) is 0 Å². The number of hydrogen-bond acceptors (Lipinski definition) is 5. The molecule has 0 aliphatic heterocycles. The maximum Gasteiger partial charge on any atom is 0.203 e. The number of methoxy groups -OCH3 is 3. The zero-order valence-corrected chi connectivity index (χ0v) is 13.6. The minimum atomic E-state index is 0.559. The van der Waals surface area contributed by atoms with Crippen LogP contribution < -0.4 is 19.5 Å². The standard InChI is InChI=1S/C17H19N3O3/c1-10-6-5-7-12-15(10)17(20-19-12)18-11-8-13(21-2)16(23-4)14(9-11)22-3/h5-9H,1-4H3,(H2,18,19,20). The molecule has 23 heavy (non-hydrogen) atoms. The lowest BCUT2D eigenvalue weighted by molar-refractivity contribution is 0.324. The van der Waals surface area contributed by atoms with Crippen LogP contribution in [0.2, 0.25) is 0 Å². The molecule has 0 spiro atoms. The van der Waals surface area contributed by atoms with Crippen LogP contribution in [0.25, 0.3) is 10.9 Å². The summed E-state index contributed by atoms with van der Waals surface area (Å²) >= 11 is 0. The van der Waals surface area contributed by atoms with E-state index in [-0.39, 0.29) is 0 Å². The van der Waals surface area contributed by atoms with E-state index in [0.717, 1.165) is 28.0 Å². The topological polar surface area (TPSA) is 68.4 Å². The van der Waals surface area contributed by atoms with Crippen molar-refractivity contribution < 1.29 is 14.2 Å². The van der Waals surface area contributed by atoms with Gasteiger partial charge in [-0.2, -0.15) is 5.10 Å². The van der Waals surface area contributed by atoms with E-state index in [1.54, 1.807) is 21.3 Å². The molecular formula is C17H19N3O3. The average Bonchev–Trinajstić information content (AvgIpc) is 2.98. The van der Waals surface area contributed by atoms with E-state index in [1.807, 2.05) is 24.3 Å². The van der Waals surface area contributed by atoms with Crippen molar-refractivity contribution in [2.45, 2.75) is 6.92 Å². The molecule has 2 N–H and O–H groups in total. The maximum atomic E-state index is 5.38. The zero-order chi connectivity index (χ0) is 16.4. The molecule has 0 radical (unpaired) electrons. The van der Waals surface area contributed by atoms with E-state index < -0.39 is 0 Å². The van der Waals surface area contributed by atoms with E-state index in [9.17, 15) is 0 Å². The molecule has 3 rings (SSSR count). The number of nitrogens with one attached hydrogen (secondary N) is 2. The molecule has 1 heterocycles. The molecule has 0 atom stereocenters. The predicted molar refractivity (Wildman–Crippen MR) is 90.2 cm³/mol. The van der Waals surface area contributed by atoms with Crippen LogP contribution in [0.15, 0.2) is 30.3 Å². The Balaban J connectivity index is 2.05. The largest absolute Gasteiger partial charge is 0.493 e. The summed E-state index contributed by atoms with van der Waals surface area (Å²) in [7, 11) is 4.77. The van der Waals surface area contributed by atoms with Gasteiger partial charge in [-0.15, -0.1) is 0 Å². The van der Waals surface area contributed by atoms with Gasteiger partial charge in [0.15, 0.2) is 17.3 Å². The van der Waals surface area contributed by atoms with Crippen LogP contribution >= 0.6 is 0 Å². The summed E-state index contributed by atoms with van der Waals surface area (Å²) in [5.74, 6) is 2.49. The lowest BCUT2D eigenvalue weighted by atomic mass is 10.1. The molecule has 120 valence electrons. The molecular weight excluding hydrogens is 294 g/mol. The van der Waals surface area contributed by atoms with Gasteiger partial charge < -0.3 is 19.5 Å². The van der Waals surface area contributed by atoms with Crippen LogP contribution in [-0.4, -0.2) is 31.5 Å². The first kappa shape index (κ1) is 15.0. The molecule has 0 aliphatic rings. The van der Waals surface area contributed by atoms with Gasteiger partial charge in [-0.1, -0.05) is 12.1 Å². The van der Waals surface area contributed by atoms with Crippen LogP contribution in [0.3, 0.4) is 0 Å². The molecule has 0 bridgehead atoms. The van der Waals surface area contributed by atoms with Crippen LogP contribution in [0.4, 0.5) is 11.5 Å². The second-order valence-corrected chi connectivity index (χ2v) is 5.11. The summed E-state index contributed by atoms with van der Waals surface area (Å²) in [6.45, 7) is 2.05. The van der Waals surface area contributed by atoms with Crippen molar-refractivity contribution >= 4 is 22.4 Å². The van der Waals surface area contributed by atoms with E-state index in [4.69, 9.17) is 14.2 Å². The first-order valence-electron chi connectivity index (χ1n) is 7.18. The third-order valence-electron chi connectivity index (χ3n) is 3.73. The van der Waals surface area contributed by atoms with Crippen molar-refractivity contribution in [2.24, 2.45) is 0 Å². The Morgan fingerprint density at radius 2 is 1.70 bits per heavy atom. The van der Waals surface area contributed by atoms with E-state index in [2.05, 4.69) is 28.5 Å². The van der Waals surface area contributed by atoms with Gasteiger partial charge in [0.2, 0.25) is 5.75 Å². The SMILES string of the molecule is COc1cc(Nc2n[nH]c3cccc(C)c23)cc(OC)c1OC. The summed E-state index contributed by atoms with van der Waals surface area (Å²) in [5.41, 5.74) is 2.93. The molecule has 2 aromatic carbocycles. The minimum Gasteiger partial charge on any atom is -0.493 e. The summed E-state index contributed by atoms with van der Waals surface area (Å²) in [6, 6.07) is 9.74. The van der Waals surface area contributed by atoms with Crippen molar-refractivity contribution in [3.8, 4) is 17.2 Å². The fraction of sp³-hybridized carbons (Fsp3) is 0.235. The number of nitrogens with zero attached hydrogens (tertiary/aromatic N) is 1. The quantitative estimate of drug-likeness (QED) is 0.752. The Hall–Kier alpha value is -2.89. The molecule has 0 saturated heterocycles. The van der Waals surface area contributed by atoms with Crippen molar-refractivity contribution in [3.05, 3.63) is 35.9 Å². The summed E-state index contributed by atoms with van der Waals surface area (Å²) in [4.78, 5) is 0. The van der Waals surface area contributed by atoms with Crippen LogP contribution in [0.1, 0.15) is 5.56 Å². The number of rotatable bonds is 5. The first-order chi connectivity index (χ1) is 11.2. The van der Waals surface area contributed by atoms with Gasteiger partial charge in [-0.3, -0.25) is 5.10 Å². The van der Waals surface area contributed by atoms with Gasteiger partial charge in [-0.05, 0) is 18.6 Å². The summed E-state index contributed by atoms with van der Waals surface area (Å²) < 4.78 is 16.1. The highest BCUT2D eigenvalue weighted by Gasteiger charge is 2.15. The van der Waals surface area contributed by atoms with Gasteiger partial charge >= 0.3 is 0 Å².